The van der Waals surface area contributed by atoms with E-state index in [1.165, 1.54) is 10.9 Å². The minimum absolute atomic E-state index is 0.221. The lowest BCUT2D eigenvalue weighted by Crippen LogP contribution is -2.49. The molecule has 0 aliphatic carbocycles. The Balaban J connectivity index is 1.59. The second-order valence-electron chi connectivity index (χ2n) is 8.49. The fourth-order valence-electron chi connectivity index (χ4n) is 3.79. The minimum Gasteiger partial charge on any atom is -0.383 e. The number of nitrogens with one attached hydrogen (secondary N) is 1. The third-order valence-corrected chi connectivity index (χ3v) is 9.09. The van der Waals surface area contributed by atoms with Gasteiger partial charge in [-0.2, -0.15) is 0 Å². The van der Waals surface area contributed by atoms with Crippen LogP contribution in [-0.2, 0) is 31.4 Å². The Morgan fingerprint density at radius 1 is 1.16 bits per heavy atom. The van der Waals surface area contributed by atoms with E-state index in [2.05, 4.69) is 24.8 Å². The van der Waals surface area contributed by atoms with E-state index < -0.39 is 51.9 Å². The van der Waals surface area contributed by atoms with Crippen molar-refractivity contribution in [2.75, 3.05) is 17.8 Å². The van der Waals surface area contributed by atoms with Gasteiger partial charge >= 0.3 is 15.2 Å². The zero-order valence-corrected chi connectivity index (χ0v) is 21.3. The lowest BCUT2D eigenvalue weighted by atomic mass is 10.1. The Morgan fingerprint density at radius 2 is 1.86 bits per heavy atom. The molecule has 4 atom stereocenters. The highest BCUT2D eigenvalue weighted by molar-refractivity contribution is 7.70. The molecule has 2 aromatic heterocycles. The molecule has 1 aromatic carbocycles. The van der Waals surface area contributed by atoms with Gasteiger partial charge in [-0.15, -0.1) is 0 Å². The molecule has 37 heavy (non-hydrogen) atoms. The monoisotopic (exact) mass is 559 g/mol. The predicted octanol–water partition coefficient (Wildman–Crippen LogP) is 0.277. The van der Waals surface area contributed by atoms with Crippen LogP contribution in [0.2, 0.25) is 0 Å². The number of nitrogens with zero attached hydrogens (tertiary/aromatic N) is 4. The van der Waals surface area contributed by atoms with E-state index in [4.69, 9.17) is 14.5 Å². The molecular weight excluding hydrogens is 532 g/mol. The molecule has 0 bridgehead atoms. The van der Waals surface area contributed by atoms with Crippen molar-refractivity contribution in [3.8, 4) is 0 Å². The van der Waals surface area contributed by atoms with Gasteiger partial charge < -0.3 is 44.6 Å². The summed E-state index contributed by atoms with van der Waals surface area (Å²) in [6.45, 7) is 1.33. The lowest BCUT2D eigenvalue weighted by molar-refractivity contribution is -0.234. The number of rotatable bonds is 10. The fraction of sp³-hybridized carbons (Fsp3) is 0.450. The van der Waals surface area contributed by atoms with Crippen LogP contribution in [0.3, 0.4) is 0 Å². The number of fused-ring (bicyclic) bond motifs is 1. The number of hydrogen-bond donors (Lipinski definition) is 7. The number of aliphatic hydroxyl groups excluding tert-OH is 1. The second kappa shape index (κ2) is 10.5. The second-order valence-corrected chi connectivity index (χ2v) is 12.5. The molecule has 15 nitrogen and oxygen atoms in total. The number of hydrogen-bond acceptors (Lipinski definition) is 11. The maximum Gasteiger partial charge on any atom is 0.340 e. The molecule has 1 fully saturated rings. The summed E-state index contributed by atoms with van der Waals surface area (Å²) in [5.41, 5.74) is 1.54. The summed E-state index contributed by atoms with van der Waals surface area (Å²) in [7, 11) is -9.70. The van der Waals surface area contributed by atoms with Gasteiger partial charge in [0, 0.05) is 13.0 Å². The van der Waals surface area contributed by atoms with E-state index in [0.717, 1.165) is 5.56 Å². The molecule has 1 unspecified atom stereocenters. The first-order valence-electron chi connectivity index (χ1n) is 11.1. The average Bonchev–Trinajstić information content (AvgIpc) is 3.33. The van der Waals surface area contributed by atoms with Gasteiger partial charge in [0.25, 0.3) is 0 Å². The molecule has 0 amide bonds. The average molecular weight is 559 g/mol. The highest BCUT2D eigenvalue weighted by Crippen LogP contribution is 2.55. The predicted molar refractivity (Wildman–Crippen MR) is 128 cm³/mol. The molecule has 4 rings (SSSR count). The topological polar surface area (TPSA) is 230 Å². The molecule has 0 saturated carbocycles. The molecule has 3 aromatic rings. The van der Waals surface area contributed by atoms with Crippen molar-refractivity contribution in [2.45, 2.75) is 44.1 Å². The van der Waals surface area contributed by atoms with Crippen molar-refractivity contribution in [2.24, 2.45) is 0 Å². The first-order valence-corrected chi connectivity index (χ1v) is 14.7. The van der Waals surface area contributed by atoms with Crippen molar-refractivity contribution < 1.29 is 48.4 Å². The van der Waals surface area contributed by atoms with Crippen molar-refractivity contribution in [3.05, 3.63) is 48.0 Å². The number of benzene rings is 1. The summed E-state index contributed by atoms with van der Waals surface area (Å²) < 4.78 is 34.5. The van der Waals surface area contributed by atoms with Crippen LogP contribution in [0.25, 0.3) is 11.2 Å². The van der Waals surface area contributed by atoms with E-state index in [0.29, 0.717) is 30.1 Å². The van der Waals surface area contributed by atoms with Crippen LogP contribution in [0.5, 0.6) is 0 Å². The van der Waals surface area contributed by atoms with E-state index in [-0.39, 0.29) is 5.65 Å². The van der Waals surface area contributed by atoms with Crippen LogP contribution in [-0.4, -0.2) is 80.0 Å². The molecule has 3 heterocycles. The maximum absolute atomic E-state index is 12.0. The summed E-state index contributed by atoms with van der Waals surface area (Å²) >= 11 is 0. The third kappa shape index (κ3) is 6.24. The van der Waals surface area contributed by atoms with Crippen LogP contribution in [0, 0.1) is 0 Å². The Labute approximate surface area is 210 Å². The van der Waals surface area contributed by atoms with Gasteiger partial charge in [0.2, 0.25) is 5.79 Å². The SMILES string of the molecule is CCc1nc(NCc2ccccc2)c2ncn([C@@H]3O[C@H](COP(=O)(O)CP(=O)(O)O)C(O)(O)[C@H]3O)c2n1. The summed E-state index contributed by atoms with van der Waals surface area (Å²) in [6.07, 6.45) is -3.45. The first-order chi connectivity index (χ1) is 17.3. The van der Waals surface area contributed by atoms with E-state index in [9.17, 15) is 29.3 Å². The van der Waals surface area contributed by atoms with Crippen molar-refractivity contribution in [1.82, 2.24) is 19.5 Å². The number of aryl methyl sites for hydroxylation is 1. The number of aromatic nitrogens is 4. The van der Waals surface area contributed by atoms with Crippen LogP contribution < -0.4 is 5.32 Å². The quantitative estimate of drug-likeness (QED) is 0.131. The summed E-state index contributed by atoms with van der Waals surface area (Å²) in [5.74, 6) is -3.56. The van der Waals surface area contributed by atoms with Crippen molar-refractivity contribution in [3.63, 3.8) is 0 Å². The van der Waals surface area contributed by atoms with Crippen LogP contribution in [0.4, 0.5) is 5.82 Å². The largest absolute Gasteiger partial charge is 0.383 e. The van der Waals surface area contributed by atoms with Crippen molar-refractivity contribution in [1.29, 1.82) is 0 Å². The van der Waals surface area contributed by atoms with Gasteiger partial charge in [0.1, 0.15) is 11.9 Å². The van der Waals surface area contributed by atoms with Crippen LogP contribution in [0.15, 0.2) is 36.7 Å². The Bertz CT molecular complexity index is 1350. The smallest absolute Gasteiger partial charge is 0.340 e. The standard InChI is InChI=1S/C20H27N5O10P2/c1-2-14-23-17(21-8-12-6-4-3-5-7-12)15-18(24-14)25(10-22-15)19-16(26)20(27,28)13(35-19)9-34-37(32,33)11-36(29,30)31/h3-7,10,13,16,19,26-28H,2,8-9,11H2,1H3,(H,32,33)(H,21,23,24)(H2,29,30,31)/t13-,16+,19-/m1/s1. The summed E-state index contributed by atoms with van der Waals surface area (Å²) in [5, 5.41) is 34.8. The molecule has 17 heteroatoms. The fourth-order valence-corrected chi connectivity index (χ4v) is 6.35. The molecule has 202 valence electrons. The molecule has 0 radical (unpaired) electrons. The van der Waals surface area contributed by atoms with Gasteiger partial charge in [-0.3, -0.25) is 13.7 Å². The highest BCUT2D eigenvalue weighted by atomic mass is 31.2. The number of aliphatic hydroxyl groups is 3. The molecule has 0 spiro atoms. The zero-order valence-electron chi connectivity index (χ0n) is 19.5. The van der Waals surface area contributed by atoms with E-state index in [1.54, 1.807) is 0 Å². The van der Waals surface area contributed by atoms with Crippen LogP contribution >= 0.6 is 15.2 Å². The number of ether oxygens (including phenoxy) is 1. The minimum atomic E-state index is -4.90. The van der Waals surface area contributed by atoms with Gasteiger partial charge in [-0.1, -0.05) is 37.3 Å². The van der Waals surface area contributed by atoms with Crippen molar-refractivity contribution >= 4 is 32.2 Å². The van der Waals surface area contributed by atoms with Crippen LogP contribution in [0.1, 0.15) is 24.5 Å². The van der Waals surface area contributed by atoms with Gasteiger partial charge in [-0.05, 0) is 5.56 Å². The first kappa shape index (κ1) is 27.7. The molecule has 1 saturated heterocycles. The molecule has 1 aliphatic rings. The molecule has 1 aliphatic heterocycles. The van der Waals surface area contributed by atoms with E-state index in [1.807, 2.05) is 37.3 Å². The van der Waals surface area contributed by atoms with Gasteiger partial charge in [0.05, 0.1) is 12.9 Å². The molecule has 7 N–H and O–H groups in total. The lowest BCUT2D eigenvalue weighted by Gasteiger charge is -2.25. The Kier molecular flexibility index (Phi) is 7.84. The number of anilines is 1. The maximum atomic E-state index is 12.0. The van der Waals surface area contributed by atoms with Gasteiger partial charge in [0.15, 0.2) is 35.2 Å². The van der Waals surface area contributed by atoms with Gasteiger partial charge in [-0.25, -0.2) is 15.0 Å². The normalized spacial score (nSPS) is 23.3. The number of imidazole rings is 1. The molecular formula is C20H27N5O10P2. The Morgan fingerprint density at radius 3 is 2.51 bits per heavy atom. The summed E-state index contributed by atoms with van der Waals surface area (Å²) in [4.78, 5) is 40.8. The zero-order chi connectivity index (χ0) is 27.0. The highest BCUT2D eigenvalue weighted by Gasteiger charge is 2.56. The van der Waals surface area contributed by atoms with E-state index >= 15 is 0 Å². The third-order valence-electron chi connectivity index (χ3n) is 5.63. The Hall–Kier alpha value is -2.29. The summed E-state index contributed by atoms with van der Waals surface area (Å²) in [6, 6.07) is 9.56.